The summed E-state index contributed by atoms with van der Waals surface area (Å²) >= 11 is 0. The first kappa shape index (κ1) is 101. The van der Waals surface area contributed by atoms with Gasteiger partial charge in [-0.15, -0.1) is 0 Å². The van der Waals surface area contributed by atoms with Crippen molar-refractivity contribution in [2.24, 2.45) is 188 Å². The summed E-state index contributed by atoms with van der Waals surface area (Å²) in [4.78, 5) is 59.6. The number of aliphatic hydroxyl groups excluding tert-OH is 1. The second-order valence-electron chi connectivity index (χ2n) is 53.5. The number of allylic oxidation sites excluding steroid dienone is 1. The van der Waals surface area contributed by atoms with E-state index < -0.39 is 22.8 Å². The molecule has 7 N–H and O–H groups in total. The maximum atomic E-state index is 13.4. The van der Waals surface area contributed by atoms with Gasteiger partial charge in [0.1, 0.15) is 24.0 Å². The van der Waals surface area contributed by atoms with Crippen molar-refractivity contribution in [1.82, 2.24) is 39.3 Å². The third kappa shape index (κ3) is 14.6. The average molecular weight is 1870 g/mol. The Balaban J connectivity index is 0.000000121. The SMILES string of the molecule is C=C(C)[C@@H]1CC[C@]2(C(=O)O)CC[C@]3(C)[C@H](CC[C@@H]4[C@@]5(C)CC[C@H](OC)C(C)(C)[C@@H]5CC[C@]43C)[C@@H]12.CC[C@@H]1C(OC)CC1n1ncc2c(N)ncnc21.COC(=O)[C@]12CC[C@@H](C(C)C)[C@@H]1[C@H]1CC[C@@H]3[C@@]4(C)CC[C@H](O)C(C)(C)[C@@H]4CC[C@@]3(C)[C@]1(C)CC2.COC1CC1n1cnc2c(N)ncnc21.CO[C@H]1CC[C@]2(C)[C@H]3CC[C@@H]4[C@H]5[C@H](C(C)C)CC[C@]5(C(=O)O)CC[C@@]4(C)[C@]3(C)CC[C@H]2C1(C)C. The number of hydrogen-bond acceptors (Lipinski definition) is 17. The molecule has 17 aliphatic rings. The summed E-state index contributed by atoms with van der Waals surface area (Å²) in [5, 5.41) is 37.3. The normalized spacial score (nSPS) is 47.1. The summed E-state index contributed by atoms with van der Waals surface area (Å²) in [6.07, 6.45) is 45.3. The Morgan fingerprint density at radius 2 is 0.874 bits per heavy atom. The van der Waals surface area contributed by atoms with Crippen LogP contribution in [0, 0.1) is 188 Å². The van der Waals surface area contributed by atoms with Crippen molar-refractivity contribution in [3.05, 3.63) is 37.3 Å². The minimum absolute atomic E-state index is 0.00682. The molecule has 4 aromatic heterocycles. The van der Waals surface area contributed by atoms with Gasteiger partial charge in [-0.3, -0.25) is 14.4 Å². The molecular formula is C114H182N10O11. The van der Waals surface area contributed by atoms with Crippen LogP contribution in [0.3, 0.4) is 0 Å². The van der Waals surface area contributed by atoms with Crippen LogP contribution in [0.5, 0.6) is 0 Å². The molecule has 17 saturated carbocycles. The molecule has 754 valence electrons. The monoisotopic (exact) mass is 1870 g/mol. The number of carbonyl (C=O) groups excluding carboxylic acids is 1. The fourth-order valence-electron chi connectivity index (χ4n) is 40.7. The first-order valence-electron chi connectivity index (χ1n) is 54.3. The highest BCUT2D eigenvalue weighted by Gasteiger charge is 2.77. The molecule has 0 bridgehead atoms. The molecule has 0 saturated heterocycles. The summed E-state index contributed by atoms with van der Waals surface area (Å²) in [7, 11) is 8.92. The first-order valence-corrected chi connectivity index (χ1v) is 54.3. The summed E-state index contributed by atoms with van der Waals surface area (Å²) in [6, 6.07) is 0.695. The number of carbonyl (C=O) groups is 3. The van der Waals surface area contributed by atoms with Crippen molar-refractivity contribution >= 4 is 51.7 Å². The van der Waals surface area contributed by atoms with E-state index in [9.17, 15) is 29.7 Å². The molecule has 21 heteroatoms. The summed E-state index contributed by atoms with van der Waals surface area (Å²) in [5.74, 6) is 10.3. The van der Waals surface area contributed by atoms with Crippen molar-refractivity contribution in [1.29, 1.82) is 0 Å². The van der Waals surface area contributed by atoms with E-state index in [4.69, 9.17) is 35.2 Å². The van der Waals surface area contributed by atoms with E-state index in [-0.39, 0.29) is 67.4 Å². The summed E-state index contributed by atoms with van der Waals surface area (Å²) in [6.45, 7) is 56.5. The molecule has 0 radical (unpaired) electrons. The zero-order chi connectivity index (χ0) is 97.8. The van der Waals surface area contributed by atoms with E-state index in [2.05, 4.69) is 182 Å². The van der Waals surface area contributed by atoms with Crippen molar-refractivity contribution < 1.29 is 53.4 Å². The molecule has 4 unspecified atom stereocenters. The number of nitrogens with two attached hydrogens (primary N) is 2. The standard InChI is InChI=1S/C31H52O3.C31H50O3.C31H52O3.C12H17N5O.C9H11N5O/c2*1-19(2)20-11-16-31(26(32)33)18-17-29(6)21(25(20)31)9-10-23-28(5)14-13-24(34-8)27(3,4)22(28)12-15-30(23,29)7;1-19(2)20-11-16-31(26(33)34-8)18-17-29(6)21(25(20)31)9-10-23-28(5)14-13-24(32)27(3,4)22(28)12-15-30(23,29)7;1-3-7-9(4-10(7)18-2)17-12-8(5-16-17)11(13)14-6-15-12;1-15-6-2-5(6)14-4-13-7-8(10)11-3-12-9(7)14/h19-25H,9-18H2,1-8H3,(H,32,33);20-25H,1,9-18H2,2-8H3,(H,32,33);19-25,32H,9-18H2,1-8H3;5-7,9-10H,3-4H2,1-2H3,(H2,13,14,15);3-6H,2H2,1H3,(H2,10,11,12)/t3*20-,21+,22-,23+,24-,25+,28-,29+,30+,31-;7-,9?,10?;/m0000./s1. The number of aliphatic carboxylic acids is 2. The van der Waals surface area contributed by atoms with Gasteiger partial charge >= 0.3 is 17.9 Å². The van der Waals surface area contributed by atoms with Crippen molar-refractivity contribution in [3.8, 4) is 0 Å². The van der Waals surface area contributed by atoms with E-state index >= 15 is 0 Å². The molecule has 17 fully saturated rings. The lowest BCUT2D eigenvalue weighted by Crippen LogP contribution is -2.67. The minimum Gasteiger partial charge on any atom is -0.481 e. The molecule has 0 spiro atoms. The fourth-order valence-corrected chi connectivity index (χ4v) is 40.7. The number of carboxylic acid groups (broad SMARTS) is 2. The van der Waals surface area contributed by atoms with Crippen LogP contribution in [-0.4, -0.2) is 139 Å². The highest BCUT2D eigenvalue weighted by atomic mass is 16.5. The molecule has 0 aliphatic heterocycles. The van der Waals surface area contributed by atoms with Crippen LogP contribution in [0.25, 0.3) is 22.2 Å². The second kappa shape index (κ2) is 35.3. The van der Waals surface area contributed by atoms with Crippen molar-refractivity contribution in [3.63, 3.8) is 0 Å². The molecule has 4 heterocycles. The predicted molar refractivity (Wildman–Crippen MR) is 534 cm³/mol. The molecule has 0 aromatic carbocycles. The predicted octanol–water partition coefficient (Wildman–Crippen LogP) is 24.6. The minimum atomic E-state index is -0.522. The van der Waals surface area contributed by atoms with Gasteiger partial charge in [-0.25, -0.2) is 29.6 Å². The average Bonchev–Trinajstić information content (AvgIpc) is 1.63. The number of fused-ring (bicyclic) bond motifs is 23. The Morgan fingerprint density at radius 3 is 1.32 bits per heavy atom. The number of aromatic nitrogens is 8. The molecule has 21 nitrogen and oxygen atoms in total. The second-order valence-corrected chi connectivity index (χ2v) is 53.5. The largest absolute Gasteiger partial charge is 0.481 e. The molecule has 35 atom stereocenters. The maximum Gasteiger partial charge on any atom is 0.312 e. The van der Waals surface area contributed by atoms with Gasteiger partial charge in [0, 0.05) is 34.4 Å². The maximum absolute atomic E-state index is 13.4. The number of imidazole rings is 1. The molecule has 135 heavy (non-hydrogen) atoms. The Labute approximate surface area is 811 Å². The molecule has 4 aromatic rings. The molecular weight excluding hydrogens is 1690 g/mol. The Kier molecular flexibility index (Phi) is 26.5. The Bertz CT molecular complexity index is 5040. The highest BCUT2D eigenvalue weighted by molar-refractivity contribution is 5.85. The van der Waals surface area contributed by atoms with Crippen LogP contribution in [0.15, 0.2) is 37.3 Å². The first-order chi connectivity index (χ1) is 63.4. The van der Waals surface area contributed by atoms with Crippen LogP contribution in [0.4, 0.5) is 11.6 Å². The van der Waals surface area contributed by atoms with Crippen LogP contribution in [0.1, 0.15) is 369 Å². The molecule has 21 rings (SSSR count). The van der Waals surface area contributed by atoms with Gasteiger partial charge in [-0.2, -0.15) is 5.10 Å². The van der Waals surface area contributed by atoms with E-state index in [1.54, 1.807) is 33.9 Å². The number of anilines is 2. The number of carboxylic acids is 2. The summed E-state index contributed by atoms with van der Waals surface area (Å²) < 4.78 is 32.2. The number of methoxy groups -OCH3 is 5. The fraction of sp³-hybridized carbons (Fsp3) is 0.868. The van der Waals surface area contributed by atoms with Crippen LogP contribution < -0.4 is 11.5 Å². The van der Waals surface area contributed by atoms with Crippen LogP contribution in [0.2, 0.25) is 0 Å². The van der Waals surface area contributed by atoms with E-state index in [1.165, 1.54) is 140 Å². The third-order valence-electron chi connectivity index (χ3n) is 48.3. The Hall–Kier alpha value is -5.35. The van der Waals surface area contributed by atoms with Crippen molar-refractivity contribution in [2.45, 2.75) is 400 Å². The lowest BCUT2D eigenvalue weighted by Gasteiger charge is -2.72. The van der Waals surface area contributed by atoms with Gasteiger partial charge in [-0.05, 0) is 384 Å². The van der Waals surface area contributed by atoms with E-state index in [0.29, 0.717) is 157 Å². The number of aliphatic hydroxyl groups is 1. The number of esters is 1. The van der Waals surface area contributed by atoms with E-state index in [1.807, 2.05) is 23.5 Å². The highest BCUT2D eigenvalue weighted by Crippen LogP contribution is 2.83. The molecule has 0 amide bonds. The lowest BCUT2D eigenvalue weighted by atomic mass is 9.32. The number of hydrogen-bond donors (Lipinski definition) is 5. The third-order valence-corrected chi connectivity index (χ3v) is 48.3. The quantitative estimate of drug-likeness (QED) is 0.0614. The Morgan fingerprint density at radius 1 is 0.452 bits per heavy atom. The van der Waals surface area contributed by atoms with Crippen LogP contribution in [-0.2, 0) is 38.1 Å². The zero-order valence-electron chi connectivity index (χ0n) is 88.6. The van der Waals surface area contributed by atoms with Gasteiger partial charge in [0.25, 0.3) is 0 Å². The topological polar surface area (TPSA) is 297 Å². The smallest absolute Gasteiger partial charge is 0.312 e. The number of nitrogen functional groups attached to an aromatic ring is 2. The lowest BCUT2D eigenvalue weighted by molar-refractivity contribution is -0.251. The number of ether oxygens (including phenoxy) is 5. The van der Waals surface area contributed by atoms with Crippen molar-refractivity contribution in [2.75, 3.05) is 47.0 Å². The number of rotatable bonds is 13. The van der Waals surface area contributed by atoms with Gasteiger partial charge in [0.2, 0.25) is 0 Å². The van der Waals surface area contributed by atoms with Gasteiger partial charge < -0.3 is 55.0 Å². The zero-order valence-corrected chi connectivity index (χ0v) is 88.6. The van der Waals surface area contributed by atoms with Gasteiger partial charge in [0.15, 0.2) is 17.1 Å². The van der Waals surface area contributed by atoms with Gasteiger partial charge in [-0.1, -0.05) is 151 Å². The number of nitrogens with zero attached hydrogens (tertiary/aromatic N) is 8. The molecule has 17 aliphatic carbocycles. The van der Waals surface area contributed by atoms with Gasteiger partial charge in [0.05, 0.1) is 83.9 Å². The summed E-state index contributed by atoms with van der Waals surface area (Å²) in [5.41, 5.74) is 16.9. The van der Waals surface area contributed by atoms with E-state index in [0.717, 1.165) is 124 Å². The van der Waals surface area contributed by atoms with Crippen LogP contribution >= 0.6 is 0 Å².